The third kappa shape index (κ3) is 8.19. The molecule has 1 rings (SSSR count). The maximum absolute atomic E-state index is 11.6. The number of amides is 1. The summed E-state index contributed by atoms with van der Waals surface area (Å²) in [6.45, 7) is 14.0. The van der Waals surface area contributed by atoms with Gasteiger partial charge in [-0.05, 0) is 26.8 Å². The van der Waals surface area contributed by atoms with Gasteiger partial charge in [0.25, 0.3) is 0 Å². The van der Waals surface area contributed by atoms with Crippen LogP contribution < -0.4 is 5.32 Å². The lowest BCUT2D eigenvalue weighted by molar-refractivity contribution is 0.0516. The van der Waals surface area contributed by atoms with E-state index in [1.807, 2.05) is 31.5 Å². The summed E-state index contributed by atoms with van der Waals surface area (Å²) in [5.74, 6) is 0.749. The number of carbonyl (C=O) groups excluding carboxylic acids is 1. The molecule has 126 valence electrons. The first-order valence-electron chi connectivity index (χ1n) is 7.61. The Morgan fingerprint density at radius 1 is 1.36 bits per heavy atom. The Labute approximate surface area is 134 Å². The first kappa shape index (κ1) is 18.7. The van der Waals surface area contributed by atoms with Crippen LogP contribution in [0.3, 0.4) is 0 Å². The van der Waals surface area contributed by atoms with Crippen molar-refractivity contribution >= 4 is 14.2 Å². The van der Waals surface area contributed by atoms with Crippen LogP contribution in [-0.2, 0) is 22.7 Å². The fraction of sp³-hybridized carbons (Fsp3) is 0.733. The van der Waals surface area contributed by atoms with Gasteiger partial charge in [-0.25, -0.2) is 9.78 Å². The van der Waals surface area contributed by atoms with Crippen LogP contribution in [0.25, 0.3) is 0 Å². The maximum Gasteiger partial charge on any atom is 0.408 e. The van der Waals surface area contributed by atoms with Gasteiger partial charge in [-0.3, -0.25) is 0 Å². The first-order valence-corrected chi connectivity index (χ1v) is 11.3. The molecule has 1 aromatic heterocycles. The van der Waals surface area contributed by atoms with Gasteiger partial charge in [-0.2, -0.15) is 0 Å². The second-order valence-electron chi connectivity index (χ2n) is 7.52. The van der Waals surface area contributed by atoms with Crippen molar-refractivity contribution in [3.8, 4) is 0 Å². The first-order chi connectivity index (χ1) is 10.1. The molecule has 1 N–H and O–H groups in total. The molecule has 0 bridgehead atoms. The van der Waals surface area contributed by atoms with Crippen LogP contribution in [0.2, 0.25) is 25.7 Å². The summed E-state index contributed by atoms with van der Waals surface area (Å²) in [5, 5.41) is 2.70. The minimum Gasteiger partial charge on any atom is -0.444 e. The molecule has 0 aliphatic carbocycles. The summed E-state index contributed by atoms with van der Waals surface area (Å²) in [5.41, 5.74) is -0.501. The lowest BCUT2D eigenvalue weighted by Crippen LogP contribution is -2.32. The molecule has 0 radical (unpaired) electrons. The van der Waals surface area contributed by atoms with E-state index in [2.05, 4.69) is 29.9 Å². The van der Waals surface area contributed by atoms with Gasteiger partial charge in [0.05, 0.1) is 6.54 Å². The van der Waals surface area contributed by atoms with Crippen LogP contribution in [0.5, 0.6) is 0 Å². The zero-order valence-electron chi connectivity index (χ0n) is 14.6. The van der Waals surface area contributed by atoms with Crippen molar-refractivity contribution in [1.29, 1.82) is 0 Å². The largest absolute Gasteiger partial charge is 0.444 e. The van der Waals surface area contributed by atoms with E-state index < -0.39 is 19.8 Å². The van der Waals surface area contributed by atoms with Gasteiger partial charge < -0.3 is 19.4 Å². The second kappa shape index (κ2) is 7.78. The molecular formula is C15H29N3O3Si. The Kier molecular flexibility index (Phi) is 6.61. The Morgan fingerprint density at radius 3 is 2.64 bits per heavy atom. The zero-order valence-corrected chi connectivity index (χ0v) is 15.6. The van der Waals surface area contributed by atoms with Gasteiger partial charge in [0.2, 0.25) is 0 Å². The van der Waals surface area contributed by atoms with Crippen molar-refractivity contribution in [1.82, 2.24) is 14.9 Å². The number of nitrogens with one attached hydrogen (secondary N) is 1. The normalized spacial score (nSPS) is 12.3. The molecular weight excluding hydrogens is 298 g/mol. The molecule has 22 heavy (non-hydrogen) atoms. The van der Waals surface area contributed by atoms with Gasteiger partial charge in [0.15, 0.2) is 0 Å². The number of hydrogen-bond acceptors (Lipinski definition) is 4. The highest BCUT2D eigenvalue weighted by atomic mass is 28.3. The molecule has 0 atom stereocenters. The van der Waals surface area contributed by atoms with Crippen LogP contribution in [0, 0.1) is 0 Å². The summed E-state index contributed by atoms with van der Waals surface area (Å²) in [6.07, 6.45) is 3.11. The topological polar surface area (TPSA) is 65.4 Å². The van der Waals surface area contributed by atoms with Crippen LogP contribution in [-0.4, -0.2) is 35.9 Å². The molecule has 0 saturated heterocycles. The molecule has 6 nitrogen and oxygen atoms in total. The summed E-state index contributed by atoms with van der Waals surface area (Å²) < 4.78 is 12.8. The second-order valence-corrected chi connectivity index (χ2v) is 13.1. The highest BCUT2D eigenvalue weighted by molar-refractivity contribution is 6.76. The lowest BCUT2D eigenvalue weighted by atomic mass is 10.2. The van der Waals surface area contributed by atoms with E-state index in [1.165, 1.54) is 0 Å². The number of ether oxygens (including phenoxy) is 2. The van der Waals surface area contributed by atoms with E-state index in [-0.39, 0.29) is 0 Å². The van der Waals surface area contributed by atoms with Crippen LogP contribution in [0.4, 0.5) is 4.79 Å². The van der Waals surface area contributed by atoms with Gasteiger partial charge in [-0.15, -0.1) is 0 Å². The van der Waals surface area contributed by atoms with Crippen molar-refractivity contribution in [2.75, 3.05) is 6.61 Å². The monoisotopic (exact) mass is 327 g/mol. The molecule has 0 aliphatic rings. The quantitative estimate of drug-likeness (QED) is 0.617. The van der Waals surface area contributed by atoms with Crippen LogP contribution >= 0.6 is 0 Å². The Balaban J connectivity index is 2.37. The molecule has 0 aromatic carbocycles. The summed E-state index contributed by atoms with van der Waals surface area (Å²) >= 11 is 0. The highest BCUT2D eigenvalue weighted by Crippen LogP contribution is 2.09. The highest BCUT2D eigenvalue weighted by Gasteiger charge is 2.16. The predicted octanol–water partition coefficient (Wildman–Crippen LogP) is 3.22. The molecule has 7 heteroatoms. The van der Waals surface area contributed by atoms with Crippen molar-refractivity contribution in [2.24, 2.45) is 0 Å². The minimum atomic E-state index is -1.07. The van der Waals surface area contributed by atoms with Crippen molar-refractivity contribution < 1.29 is 14.3 Å². The van der Waals surface area contributed by atoms with Gasteiger partial charge >= 0.3 is 6.09 Å². The molecule has 0 unspecified atom stereocenters. The lowest BCUT2D eigenvalue weighted by Gasteiger charge is -2.19. The van der Waals surface area contributed by atoms with E-state index in [1.54, 1.807) is 6.20 Å². The molecule has 0 saturated carbocycles. The molecule has 1 heterocycles. The van der Waals surface area contributed by atoms with Gasteiger partial charge in [0.1, 0.15) is 18.2 Å². The average Bonchev–Trinajstić information content (AvgIpc) is 2.76. The molecule has 0 fully saturated rings. The maximum atomic E-state index is 11.6. The molecule has 1 amide bonds. The van der Waals surface area contributed by atoms with Gasteiger partial charge in [-0.1, -0.05) is 19.6 Å². The predicted molar refractivity (Wildman–Crippen MR) is 89.4 cm³/mol. The van der Waals surface area contributed by atoms with Crippen LogP contribution in [0.15, 0.2) is 12.4 Å². The fourth-order valence-corrected chi connectivity index (χ4v) is 2.39. The van der Waals surface area contributed by atoms with Crippen LogP contribution in [0.1, 0.15) is 26.6 Å². The number of hydrogen-bond donors (Lipinski definition) is 1. The molecule has 0 spiro atoms. The smallest absolute Gasteiger partial charge is 0.408 e. The van der Waals surface area contributed by atoms with E-state index in [4.69, 9.17) is 9.47 Å². The third-order valence-electron chi connectivity index (χ3n) is 2.82. The SMILES string of the molecule is CC(C)(C)OC(=O)NCc1nccn1COCC[Si](C)(C)C. The Bertz CT molecular complexity index is 475. The fourth-order valence-electron chi connectivity index (χ4n) is 1.63. The van der Waals surface area contributed by atoms with Crippen molar-refractivity contribution in [3.05, 3.63) is 18.2 Å². The number of imidazole rings is 1. The van der Waals surface area contributed by atoms with Crippen molar-refractivity contribution in [2.45, 2.75) is 65.3 Å². The van der Waals surface area contributed by atoms with E-state index in [0.29, 0.717) is 13.3 Å². The Morgan fingerprint density at radius 2 is 2.05 bits per heavy atom. The zero-order chi connectivity index (χ0) is 16.8. The average molecular weight is 328 g/mol. The number of aromatic nitrogens is 2. The summed E-state index contributed by atoms with van der Waals surface area (Å²) in [4.78, 5) is 15.9. The van der Waals surface area contributed by atoms with Gasteiger partial charge in [0, 0.05) is 27.1 Å². The van der Waals surface area contributed by atoms with Crippen molar-refractivity contribution in [3.63, 3.8) is 0 Å². The summed E-state index contributed by atoms with van der Waals surface area (Å²) in [7, 11) is -1.07. The number of rotatable bonds is 7. The standard InChI is InChI=1S/C15H29N3O3Si/c1-15(2,3)21-14(19)17-11-13-16-7-8-18(13)12-20-9-10-22(4,5)6/h7-8H,9-12H2,1-6H3,(H,17,19). The van der Waals surface area contributed by atoms with E-state index >= 15 is 0 Å². The number of nitrogens with zero attached hydrogens (tertiary/aromatic N) is 2. The van der Waals surface area contributed by atoms with E-state index in [9.17, 15) is 4.79 Å². The number of alkyl carbamates (subject to hydrolysis) is 1. The summed E-state index contributed by atoms with van der Waals surface area (Å²) in [6, 6.07) is 1.13. The minimum absolute atomic E-state index is 0.319. The van der Waals surface area contributed by atoms with E-state index in [0.717, 1.165) is 18.5 Å². The third-order valence-corrected chi connectivity index (χ3v) is 4.52. The molecule has 0 aliphatic heterocycles. The Hall–Kier alpha value is -1.34. The number of carbonyl (C=O) groups is 1. The molecule has 1 aromatic rings.